The minimum absolute atomic E-state index is 0.127. The molecule has 2 heteroatoms. The van der Waals surface area contributed by atoms with E-state index in [1.54, 1.807) is 0 Å². The minimum atomic E-state index is 0.127. The van der Waals surface area contributed by atoms with Crippen molar-refractivity contribution < 1.29 is 5.11 Å². The molecule has 0 aromatic heterocycles. The third-order valence-corrected chi connectivity index (χ3v) is 3.24. The van der Waals surface area contributed by atoms with Gasteiger partial charge in [0.1, 0.15) is 0 Å². The van der Waals surface area contributed by atoms with Crippen LogP contribution in [0.2, 0.25) is 0 Å². The average Bonchev–Trinajstić information content (AvgIpc) is 2.40. The molecule has 1 aromatic carbocycles. The van der Waals surface area contributed by atoms with Gasteiger partial charge in [-0.1, -0.05) is 37.0 Å². The van der Waals surface area contributed by atoms with Gasteiger partial charge in [0, 0.05) is 24.6 Å². The molecule has 18 heavy (non-hydrogen) atoms. The Bertz CT molecular complexity index is 417. The molecule has 0 aliphatic rings. The predicted octanol–water partition coefficient (Wildman–Crippen LogP) is 2.65. The fraction of sp³-hybridized carbons (Fsp3) is 0.500. The summed E-state index contributed by atoms with van der Waals surface area (Å²) in [5.41, 5.74) is 2.33. The van der Waals surface area contributed by atoms with Gasteiger partial charge in [0.15, 0.2) is 0 Å². The Balaban J connectivity index is 2.80. The lowest BCUT2D eigenvalue weighted by atomic mass is 10.1. The molecule has 0 aliphatic heterocycles. The Morgan fingerprint density at radius 3 is 2.72 bits per heavy atom. The van der Waals surface area contributed by atoms with Gasteiger partial charge in [-0.3, -0.25) is 4.90 Å². The number of aliphatic hydroxyl groups excluding tert-OH is 1. The van der Waals surface area contributed by atoms with Gasteiger partial charge in [-0.05, 0) is 32.0 Å². The number of aliphatic hydroxyl groups is 1. The standard InChI is InChI=1S/C16H23NO/c1-4-14(2)17(3)13-16-11-6-5-9-15(16)10-7-8-12-18/h5-6,9,11,14,18H,4,8,12-13H2,1-3H3. The van der Waals surface area contributed by atoms with Gasteiger partial charge in [0.2, 0.25) is 0 Å². The Morgan fingerprint density at radius 2 is 2.06 bits per heavy atom. The van der Waals surface area contributed by atoms with E-state index in [9.17, 15) is 0 Å². The Morgan fingerprint density at radius 1 is 1.33 bits per heavy atom. The Kier molecular flexibility index (Phi) is 6.49. The number of rotatable bonds is 5. The second-order valence-electron chi connectivity index (χ2n) is 4.60. The molecule has 2 nitrogen and oxygen atoms in total. The summed E-state index contributed by atoms with van der Waals surface area (Å²) in [7, 11) is 2.14. The molecule has 1 unspecified atom stereocenters. The third kappa shape index (κ3) is 4.52. The van der Waals surface area contributed by atoms with E-state index in [4.69, 9.17) is 5.11 Å². The molecule has 1 aromatic rings. The van der Waals surface area contributed by atoms with Crippen LogP contribution in [0.5, 0.6) is 0 Å². The van der Waals surface area contributed by atoms with Gasteiger partial charge in [-0.15, -0.1) is 0 Å². The van der Waals surface area contributed by atoms with Crippen LogP contribution >= 0.6 is 0 Å². The fourth-order valence-corrected chi connectivity index (χ4v) is 1.73. The van der Waals surface area contributed by atoms with Crippen molar-refractivity contribution in [2.24, 2.45) is 0 Å². The van der Waals surface area contributed by atoms with Gasteiger partial charge in [0.05, 0.1) is 6.61 Å². The summed E-state index contributed by atoms with van der Waals surface area (Å²) in [6, 6.07) is 8.81. The van der Waals surface area contributed by atoms with Crippen LogP contribution in [-0.2, 0) is 6.54 Å². The summed E-state index contributed by atoms with van der Waals surface area (Å²) < 4.78 is 0. The summed E-state index contributed by atoms with van der Waals surface area (Å²) in [5.74, 6) is 6.13. The van der Waals surface area contributed by atoms with E-state index < -0.39 is 0 Å². The quantitative estimate of drug-likeness (QED) is 0.806. The summed E-state index contributed by atoms with van der Waals surface area (Å²) >= 11 is 0. The summed E-state index contributed by atoms with van der Waals surface area (Å²) in [6.07, 6.45) is 1.68. The van der Waals surface area contributed by atoms with Crippen molar-refractivity contribution in [1.82, 2.24) is 4.90 Å². The normalized spacial score (nSPS) is 12.1. The van der Waals surface area contributed by atoms with E-state index >= 15 is 0 Å². The zero-order valence-corrected chi connectivity index (χ0v) is 11.6. The maximum absolute atomic E-state index is 8.75. The zero-order chi connectivity index (χ0) is 13.4. The van der Waals surface area contributed by atoms with E-state index in [1.165, 1.54) is 5.56 Å². The highest BCUT2D eigenvalue weighted by Crippen LogP contribution is 2.12. The molecule has 0 amide bonds. The Labute approximate surface area is 111 Å². The van der Waals surface area contributed by atoms with Crippen LogP contribution in [0.15, 0.2) is 24.3 Å². The van der Waals surface area contributed by atoms with Gasteiger partial charge < -0.3 is 5.11 Å². The lowest BCUT2D eigenvalue weighted by Gasteiger charge is -2.24. The van der Waals surface area contributed by atoms with Crippen LogP contribution in [0.3, 0.4) is 0 Å². The predicted molar refractivity (Wildman–Crippen MR) is 76.2 cm³/mol. The second kappa shape index (κ2) is 7.92. The van der Waals surface area contributed by atoms with Gasteiger partial charge in [0.25, 0.3) is 0 Å². The summed E-state index contributed by atoms with van der Waals surface area (Å²) in [4.78, 5) is 2.34. The Hall–Kier alpha value is -1.30. The number of hydrogen-bond donors (Lipinski definition) is 1. The highest BCUT2D eigenvalue weighted by atomic mass is 16.2. The molecule has 1 N–H and O–H groups in total. The van der Waals surface area contributed by atoms with Crippen molar-refractivity contribution in [2.75, 3.05) is 13.7 Å². The van der Waals surface area contributed by atoms with Crippen molar-refractivity contribution in [3.8, 4) is 11.8 Å². The zero-order valence-electron chi connectivity index (χ0n) is 11.6. The molecule has 0 aliphatic carbocycles. The van der Waals surface area contributed by atoms with Gasteiger partial charge in [-0.25, -0.2) is 0 Å². The highest BCUT2D eigenvalue weighted by Gasteiger charge is 2.08. The molecule has 0 fully saturated rings. The largest absolute Gasteiger partial charge is 0.395 e. The van der Waals surface area contributed by atoms with Crippen LogP contribution in [0, 0.1) is 11.8 Å². The smallest absolute Gasteiger partial charge is 0.0540 e. The van der Waals surface area contributed by atoms with Gasteiger partial charge in [-0.2, -0.15) is 0 Å². The molecule has 0 saturated carbocycles. The van der Waals surface area contributed by atoms with Crippen LogP contribution in [0.1, 0.15) is 37.8 Å². The highest BCUT2D eigenvalue weighted by molar-refractivity contribution is 5.41. The SMILES string of the molecule is CCC(C)N(C)Cc1ccccc1C#CCCO. The molecule has 98 valence electrons. The number of benzene rings is 1. The summed E-state index contributed by atoms with van der Waals surface area (Å²) in [6.45, 7) is 5.48. The monoisotopic (exact) mass is 245 g/mol. The van der Waals surface area contributed by atoms with E-state index in [1.807, 2.05) is 12.1 Å². The van der Waals surface area contributed by atoms with E-state index in [0.717, 1.165) is 18.5 Å². The first kappa shape index (κ1) is 14.8. The topological polar surface area (TPSA) is 23.5 Å². The van der Waals surface area contributed by atoms with E-state index in [2.05, 4.69) is 49.8 Å². The molecule has 0 radical (unpaired) electrons. The van der Waals surface area contributed by atoms with Crippen LogP contribution in [0.4, 0.5) is 0 Å². The second-order valence-corrected chi connectivity index (χ2v) is 4.60. The average molecular weight is 245 g/mol. The first-order valence-electron chi connectivity index (χ1n) is 6.57. The maximum Gasteiger partial charge on any atom is 0.0540 e. The molecule has 1 rings (SSSR count). The van der Waals surface area contributed by atoms with Crippen molar-refractivity contribution in [3.05, 3.63) is 35.4 Å². The lowest BCUT2D eigenvalue weighted by molar-refractivity contribution is 0.243. The minimum Gasteiger partial charge on any atom is -0.395 e. The first-order chi connectivity index (χ1) is 8.69. The van der Waals surface area contributed by atoms with Crippen molar-refractivity contribution >= 4 is 0 Å². The number of hydrogen-bond acceptors (Lipinski definition) is 2. The third-order valence-electron chi connectivity index (χ3n) is 3.24. The van der Waals surface area contributed by atoms with Crippen molar-refractivity contribution in [1.29, 1.82) is 0 Å². The van der Waals surface area contributed by atoms with Crippen LogP contribution < -0.4 is 0 Å². The molecule has 0 saturated heterocycles. The number of nitrogens with zero attached hydrogens (tertiary/aromatic N) is 1. The van der Waals surface area contributed by atoms with Crippen molar-refractivity contribution in [3.63, 3.8) is 0 Å². The molecule has 0 bridgehead atoms. The molecule has 1 atom stereocenters. The molecular weight excluding hydrogens is 222 g/mol. The summed E-state index contributed by atoms with van der Waals surface area (Å²) in [5, 5.41) is 8.75. The maximum atomic E-state index is 8.75. The van der Waals surface area contributed by atoms with E-state index in [0.29, 0.717) is 12.5 Å². The fourth-order valence-electron chi connectivity index (χ4n) is 1.73. The van der Waals surface area contributed by atoms with Crippen molar-refractivity contribution in [2.45, 2.75) is 39.3 Å². The molecule has 0 heterocycles. The first-order valence-corrected chi connectivity index (χ1v) is 6.57. The van der Waals surface area contributed by atoms with E-state index in [-0.39, 0.29) is 6.61 Å². The van der Waals surface area contributed by atoms with Crippen LogP contribution in [-0.4, -0.2) is 29.7 Å². The molecule has 0 spiro atoms. The van der Waals surface area contributed by atoms with Crippen LogP contribution in [0.25, 0.3) is 0 Å². The van der Waals surface area contributed by atoms with Gasteiger partial charge >= 0.3 is 0 Å². The lowest BCUT2D eigenvalue weighted by Crippen LogP contribution is -2.28. The molecular formula is C16H23NO.